The van der Waals surface area contributed by atoms with Crippen molar-refractivity contribution in [2.24, 2.45) is 0 Å². The van der Waals surface area contributed by atoms with E-state index in [2.05, 4.69) is 14.7 Å². The number of carbonyl (C=O) groups excluding carboxylic acids is 2. The molecule has 0 saturated carbocycles. The molecule has 0 amide bonds. The van der Waals surface area contributed by atoms with Gasteiger partial charge in [0.2, 0.25) is 12.1 Å². The van der Waals surface area contributed by atoms with Crippen LogP contribution in [0.25, 0.3) is 0 Å². The molecule has 0 aliphatic heterocycles. The third-order valence-corrected chi connectivity index (χ3v) is 1.09. The van der Waals surface area contributed by atoms with E-state index in [0.29, 0.717) is 0 Å². The number of hydrogen-bond donors (Lipinski definition) is 2. The Morgan fingerprint density at radius 3 is 2.27 bits per heavy atom. The molecule has 0 fully saturated rings. The molecule has 0 aliphatic rings. The van der Waals surface area contributed by atoms with E-state index in [1.807, 2.05) is 0 Å². The zero-order chi connectivity index (χ0) is 12.1. The van der Waals surface area contributed by atoms with E-state index >= 15 is 0 Å². The molecular formula is C8H14O7. The van der Waals surface area contributed by atoms with E-state index in [1.165, 1.54) is 0 Å². The molecule has 0 saturated heterocycles. The van der Waals surface area contributed by atoms with Gasteiger partial charge in [-0.2, -0.15) is 10.1 Å². The Balaban J connectivity index is 3.95. The van der Waals surface area contributed by atoms with Crippen LogP contribution in [0.3, 0.4) is 0 Å². The van der Waals surface area contributed by atoms with E-state index < -0.39 is 30.1 Å². The minimum absolute atomic E-state index is 0.696. The summed E-state index contributed by atoms with van der Waals surface area (Å²) in [6.45, 7) is 4.94. The molecule has 0 bridgehead atoms. The Kier molecular flexibility index (Phi) is 5.37. The molecular weight excluding hydrogens is 208 g/mol. The van der Waals surface area contributed by atoms with Gasteiger partial charge in [0.15, 0.2) is 0 Å². The van der Waals surface area contributed by atoms with Crippen molar-refractivity contribution in [3.05, 3.63) is 0 Å². The second kappa shape index (κ2) is 5.76. The molecule has 1 atom stereocenters. The summed E-state index contributed by atoms with van der Waals surface area (Å²) in [7, 11) is 0. The highest BCUT2D eigenvalue weighted by Crippen LogP contribution is 2.09. The number of aliphatic hydroxyl groups excluding tert-OH is 1. The summed E-state index contributed by atoms with van der Waals surface area (Å²) in [6.07, 6.45) is -2.69. The second-order valence-corrected chi connectivity index (χ2v) is 3.75. The van der Waals surface area contributed by atoms with E-state index in [4.69, 9.17) is 10.4 Å². The Morgan fingerprint density at radius 2 is 1.87 bits per heavy atom. The monoisotopic (exact) mass is 222 g/mol. The van der Waals surface area contributed by atoms with Crippen LogP contribution in [0.15, 0.2) is 0 Å². The van der Waals surface area contributed by atoms with Crippen LogP contribution in [0.4, 0.5) is 0 Å². The fourth-order valence-corrected chi connectivity index (χ4v) is 0.505. The molecule has 0 aromatic carbocycles. The fourth-order valence-electron chi connectivity index (χ4n) is 0.505. The summed E-state index contributed by atoms with van der Waals surface area (Å²) in [5, 5.41) is 16.9. The van der Waals surface area contributed by atoms with Gasteiger partial charge in [-0.1, -0.05) is 0 Å². The summed E-state index contributed by atoms with van der Waals surface area (Å²) in [4.78, 5) is 33.6. The maximum Gasteiger partial charge on any atom is 0.349 e. The maximum absolute atomic E-state index is 11.0. The van der Waals surface area contributed by atoms with Crippen LogP contribution in [0.1, 0.15) is 27.2 Å². The number of aliphatic hydroxyl groups is 1. The minimum atomic E-state index is -1.89. The molecule has 0 heterocycles. The lowest BCUT2D eigenvalue weighted by atomic mass is 10.2. The van der Waals surface area contributed by atoms with Crippen LogP contribution < -0.4 is 0 Å². The topological polar surface area (TPSA) is 102 Å². The summed E-state index contributed by atoms with van der Waals surface area (Å²) in [5.74, 6) is -2.16. The van der Waals surface area contributed by atoms with Gasteiger partial charge in [-0.25, -0.2) is 9.68 Å². The van der Waals surface area contributed by atoms with Crippen LogP contribution in [0, 0.1) is 0 Å². The van der Waals surface area contributed by atoms with Crippen molar-refractivity contribution in [3.63, 3.8) is 0 Å². The van der Waals surface area contributed by atoms with Crippen molar-refractivity contribution < 1.29 is 34.6 Å². The van der Waals surface area contributed by atoms with Gasteiger partial charge in [0.25, 0.3) is 0 Å². The first kappa shape index (κ1) is 14.0. The van der Waals surface area contributed by atoms with Gasteiger partial charge in [0.05, 0.1) is 5.60 Å². The predicted octanol–water partition coefficient (Wildman–Crippen LogP) is 0.0269. The molecule has 1 unspecified atom stereocenters. The van der Waals surface area contributed by atoms with E-state index in [1.54, 1.807) is 20.8 Å². The Morgan fingerprint density at radius 1 is 1.33 bits per heavy atom. The highest BCUT2D eigenvalue weighted by Gasteiger charge is 2.23. The molecule has 0 radical (unpaired) electrons. The summed E-state index contributed by atoms with van der Waals surface area (Å²) < 4.78 is 0. The summed E-state index contributed by atoms with van der Waals surface area (Å²) in [6, 6.07) is 0. The average Bonchev–Trinajstić information content (AvgIpc) is 2.12. The number of Topliss-reactive ketones (excluding diaryl/α,β-unsaturated/α-hetero) is 1. The SMILES string of the molecule is CC(C)(C)OOC(O)C(=O)CC(=O)OO. The van der Waals surface area contributed by atoms with Gasteiger partial charge in [-0.15, -0.1) is 0 Å². The first-order valence-electron chi connectivity index (χ1n) is 4.16. The van der Waals surface area contributed by atoms with Gasteiger partial charge >= 0.3 is 5.97 Å². The Labute approximate surface area is 86.4 Å². The lowest BCUT2D eigenvalue weighted by molar-refractivity contribution is -0.397. The maximum atomic E-state index is 11.0. The summed E-state index contributed by atoms with van der Waals surface area (Å²) in [5.41, 5.74) is -0.696. The van der Waals surface area contributed by atoms with E-state index in [0.717, 1.165) is 0 Å². The molecule has 0 aliphatic carbocycles. The van der Waals surface area contributed by atoms with Gasteiger partial charge in [-0.05, 0) is 20.8 Å². The lowest BCUT2D eigenvalue weighted by Gasteiger charge is -2.19. The van der Waals surface area contributed by atoms with Crippen molar-refractivity contribution >= 4 is 11.8 Å². The zero-order valence-corrected chi connectivity index (χ0v) is 8.72. The first-order chi connectivity index (χ1) is 6.76. The number of ketones is 1. The number of rotatable bonds is 5. The fraction of sp³-hybridized carbons (Fsp3) is 0.750. The van der Waals surface area contributed by atoms with Crippen molar-refractivity contribution in [3.8, 4) is 0 Å². The first-order valence-corrected chi connectivity index (χ1v) is 4.16. The molecule has 0 aromatic heterocycles. The number of carbonyl (C=O) groups is 2. The van der Waals surface area contributed by atoms with Crippen LogP contribution in [-0.4, -0.2) is 34.0 Å². The quantitative estimate of drug-likeness (QED) is 0.292. The van der Waals surface area contributed by atoms with Crippen LogP contribution in [0.2, 0.25) is 0 Å². The number of hydrogen-bond acceptors (Lipinski definition) is 7. The van der Waals surface area contributed by atoms with Crippen molar-refractivity contribution in [2.75, 3.05) is 0 Å². The average molecular weight is 222 g/mol. The standard InChI is InChI=1S/C8H14O7/c1-8(2,3)15-14-7(11)5(9)4-6(10)13-12/h7,11-12H,4H2,1-3H3. The predicted molar refractivity (Wildman–Crippen MR) is 46.3 cm³/mol. The highest BCUT2D eigenvalue weighted by atomic mass is 17.2. The molecule has 7 heteroatoms. The molecule has 7 nitrogen and oxygen atoms in total. The molecule has 2 N–H and O–H groups in total. The minimum Gasteiger partial charge on any atom is -0.360 e. The van der Waals surface area contributed by atoms with Crippen LogP contribution in [0.5, 0.6) is 0 Å². The van der Waals surface area contributed by atoms with Gasteiger partial charge < -0.3 is 9.99 Å². The van der Waals surface area contributed by atoms with E-state index in [-0.39, 0.29) is 0 Å². The van der Waals surface area contributed by atoms with Crippen LogP contribution in [-0.2, 0) is 24.3 Å². The largest absolute Gasteiger partial charge is 0.360 e. The summed E-state index contributed by atoms with van der Waals surface area (Å²) >= 11 is 0. The molecule has 88 valence electrons. The molecule has 0 rings (SSSR count). The normalized spacial score (nSPS) is 13.4. The zero-order valence-electron chi connectivity index (χ0n) is 8.72. The van der Waals surface area contributed by atoms with Gasteiger partial charge in [0.1, 0.15) is 6.42 Å². The van der Waals surface area contributed by atoms with Gasteiger partial charge in [0, 0.05) is 0 Å². The molecule has 0 aromatic rings. The Bertz CT molecular complexity index is 230. The van der Waals surface area contributed by atoms with Crippen LogP contribution >= 0.6 is 0 Å². The Hall–Kier alpha value is -1.02. The van der Waals surface area contributed by atoms with Gasteiger partial charge in [-0.3, -0.25) is 4.79 Å². The third kappa shape index (κ3) is 6.97. The third-order valence-electron chi connectivity index (χ3n) is 1.09. The van der Waals surface area contributed by atoms with E-state index in [9.17, 15) is 9.59 Å². The van der Waals surface area contributed by atoms with Crippen molar-refractivity contribution in [1.82, 2.24) is 0 Å². The molecule has 0 spiro atoms. The lowest BCUT2D eigenvalue weighted by Crippen LogP contribution is -2.30. The highest BCUT2D eigenvalue weighted by molar-refractivity contribution is 5.96. The van der Waals surface area contributed by atoms with Crippen molar-refractivity contribution in [1.29, 1.82) is 0 Å². The molecule has 15 heavy (non-hydrogen) atoms. The van der Waals surface area contributed by atoms with Crippen molar-refractivity contribution in [2.45, 2.75) is 39.1 Å². The second-order valence-electron chi connectivity index (χ2n) is 3.75. The smallest absolute Gasteiger partial charge is 0.349 e.